The summed E-state index contributed by atoms with van der Waals surface area (Å²) in [5, 5.41) is 9.27. The Kier molecular flexibility index (Phi) is 10.2. The van der Waals surface area contributed by atoms with E-state index in [2.05, 4.69) is 18.7 Å². The predicted octanol–water partition coefficient (Wildman–Crippen LogP) is 4.57. The molecule has 2 fully saturated rings. The van der Waals surface area contributed by atoms with Gasteiger partial charge in [0.2, 0.25) is 11.8 Å². The molecule has 10 heteroatoms. The minimum absolute atomic E-state index is 0.124. The molecule has 10 nitrogen and oxygen atoms in total. The normalized spacial score (nSPS) is 26.3. The second-order valence-corrected chi connectivity index (χ2v) is 12.9. The van der Waals surface area contributed by atoms with Gasteiger partial charge in [0.1, 0.15) is 17.4 Å². The highest BCUT2D eigenvalue weighted by molar-refractivity contribution is 6.07. The SMILES string of the molecule is CCOc1ccc(N2CC=C[C@H]3O[C@]45C=CCN(c6ccc(N(CC)CC)cc6)C(=O)C4N(CCCCCCO)C(=O)[C@@H]5[C@H]3C2=O)cc1. The molecule has 6 rings (SSSR count). The Bertz CT molecular complexity index is 1520. The molecule has 1 spiro atoms. The van der Waals surface area contributed by atoms with E-state index in [1.54, 1.807) is 14.7 Å². The van der Waals surface area contributed by atoms with Crippen LogP contribution in [-0.2, 0) is 19.1 Å². The lowest BCUT2D eigenvalue weighted by molar-refractivity contribution is -0.140. The molecule has 2 aromatic rings. The molecule has 48 heavy (non-hydrogen) atoms. The van der Waals surface area contributed by atoms with Gasteiger partial charge in [0.15, 0.2) is 0 Å². The molecule has 0 bridgehead atoms. The van der Waals surface area contributed by atoms with Crippen LogP contribution in [0.25, 0.3) is 0 Å². The van der Waals surface area contributed by atoms with Crippen LogP contribution in [0.2, 0.25) is 0 Å². The van der Waals surface area contributed by atoms with Crippen molar-refractivity contribution in [2.45, 2.75) is 64.2 Å². The van der Waals surface area contributed by atoms with E-state index in [-0.39, 0.29) is 24.3 Å². The van der Waals surface area contributed by atoms with Crippen LogP contribution in [0, 0.1) is 11.8 Å². The Hall–Kier alpha value is -4.15. The molecule has 0 aromatic heterocycles. The Labute approximate surface area is 283 Å². The lowest BCUT2D eigenvalue weighted by Crippen LogP contribution is -2.55. The molecule has 0 saturated carbocycles. The van der Waals surface area contributed by atoms with Gasteiger partial charge in [0.25, 0.3) is 5.91 Å². The summed E-state index contributed by atoms with van der Waals surface area (Å²) in [6, 6.07) is 14.5. The fourth-order valence-corrected chi connectivity index (χ4v) is 7.91. The van der Waals surface area contributed by atoms with Crippen LogP contribution in [0.4, 0.5) is 17.1 Å². The first-order chi connectivity index (χ1) is 23.4. The molecule has 0 radical (unpaired) electrons. The van der Waals surface area contributed by atoms with Gasteiger partial charge in [0, 0.05) is 56.4 Å². The standard InChI is InChI=1S/C38H48N4O6/c1-4-39(5-2)27-14-16-28(17-15-27)41-25-12-22-38-33(36(45)42(34(38)37(41)46)23-9-7-8-10-26-43)32-31(48-38)13-11-24-40(35(32)44)29-18-20-30(21-19-29)47-6-3/h11-22,31-34,43H,4-10,23-26H2,1-3H3/t31-,32+,33+,34?,38+/m1/s1. The second-order valence-electron chi connectivity index (χ2n) is 12.9. The highest BCUT2D eigenvalue weighted by Gasteiger charge is 2.71. The van der Waals surface area contributed by atoms with Crippen molar-refractivity contribution in [2.75, 3.05) is 60.6 Å². The van der Waals surface area contributed by atoms with Gasteiger partial charge in [-0.2, -0.15) is 0 Å². The van der Waals surface area contributed by atoms with Crippen LogP contribution in [0.15, 0.2) is 72.8 Å². The number of fused-ring (bicyclic) bond motifs is 2. The molecule has 2 saturated heterocycles. The van der Waals surface area contributed by atoms with Crippen molar-refractivity contribution in [3.63, 3.8) is 0 Å². The molecule has 0 aliphatic carbocycles. The monoisotopic (exact) mass is 656 g/mol. The first-order valence-corrected chi connectivity index (χ1v) is 17.5. The summed E-state index contributed by atoms with van der Waals surface area (Å²) in [5.41, 5.74) is 1.26. The molecule has 256 valence electrons. The summed E-state index contributed by atoms with van der Waals surface area (Å²) in [6.45, 7) is 9.63. The van der Waals surface area contributed by atoms with E-state index in [4.69, 9.17) is 9.47 Å². The first-order valence-electron chi connectivity index (χ1n) is 17.5. The zero-order valence-electron chi connectivity index (χ0n) is 28.3. The number of nitrogens with zero attached hydrogens (tertiary/aromatic N) is 4. The van der Waals surface area contributed by atoms with Gasteiger partial charge in [-0.3, -0.25) is 14.4 Å². The number of rotatable bonds is 13. The number of likely N-dealkylation sites (tertiary alicyclic amines) is 1. The van der Waals surface area contributed by atoms with Crippen LogP contribution in [0.5, 0.6) is 5.75 Å². The number of carbonyl (C=O) groups excluding carboxylic acids is 3. The van der Waals surface area contributed by atoms with E-state index in [0.29, 0.717) is 44.8 Å². The average molecular weight is 657 g/mol. The van der Waals surface area contributed by atoms with Crippen LogP contribution in [-0.4, -0.2) is 91.4 Å². The van der Waals surface area contributed by atoms with Crippen molar-refractivity contribution >= 4 is 34.8 Å². The summed E-state index contributed by atoms with van der Waals surface area (Å²) in [7, 11) is 0. The smallest absolute Gasteiger partial charge is 0.253 e. The Morgan fingerprint density at radius 1 is 0.833 bits per heavy atom. The number of hydrogen-bond acceptors (Lipinski definition) is 7. The van der Waals surface area contributed by atoms with Gasteiger partial charge in [-0.25, -0.2) is 0 Å². The lowest BCUT2D eigenvalue weighted by atomic mass is 9.77. The van der Waals surface area contributed by atoms with Crippen molar-refractivity contribution in [3.05, 3.63) is 72.8 Å². The van der Waals surface area contributed by atoms with Crippen LogP contribution >= 0.6 is 0 Å². The van der Waals surface area contributed by atoms with E-state index in [1.807, 2.05) is 79.8 Å². The molecule has 4 aliphatic rings. The summed E-state index contributed by atoms with van der Waals surface area (Å²) >= 11 is 0. The molecule has 1 N–H and O–H groups in total. The highest BCUT2D eigenvalue weighted by Crippen LogP contribution is 2.54. The quantitative estimate of drug-likeness (QED) is 0.249. The largest absolute Gasteiger partial charge is 0.494 e. The Balaban J connectivity index is 1.34. The lowest BCUT2D eigenvalue weighted by Gasteiger charge is -2.35. The van der Waals surface area contributed by atoms with E-state index in [1.165, 1.54) is 0 Å². The van der Waals surface area contributed by atoms with E-state index >= 15 is 0 Å². The van der Waals surface area contributed by atoms with Gasteiger partial charge >= 0.3 is 0 Å². The minimum Gasteiger partial charge on any atom is -0.494 e. The summed E-state index contributed by atoms with van der Waals surface area (Å²) in [5.74, 6) is -1.54. The topological polar surface area (TPSA) is 103 Å². The third-order valence-corrected chi connectivity index (χ3v) is 10.2. The zero-order chi connectivity index (χ0) is 33.8. The van der Waals surface area contributed by atoms with E-state index < -0.39 is 29.6 Å². The second kappa shape index (κ2) is 14.5. The maximum absolute atomic E-state index is 14.8. The van der Waals surface area contributed by atoms with E-state index in [0.717, 1.165) is 43.1 Å². The number of benzene rings is 2. The molecule has 1 unspecified atom stereocenters. The number of unbranched alkanes of at least 4 members (excludes halogenated alkanes) is 3. The van der Waals surface area contributed by atoms with Crippen LogP contribution in [0.1, 0.15) is 46.5 Å². The molecular weight excluding hydrogens is 608 g/mol. The van der Waals surface area contributed by atoms with Crippen molar-refractivity contribution in [2.24, 2.45) is 11.8 Å². The third-order valence-electron chi connectivity index (χ3n) is 10.2. The summed E-state index contributed by atoms with van der Waals surface area (Å²) < 4.78 is 12.4. The van der Waals surface area contributed by atoms with Gasteiger partial charge in [-0.15, -0.1) is 0 Å². The van der Waals surface area contributed by atoms with Gasteiger partial charge in [-0.1, -0.05) is 37.1 Å². The molecule has 4 heterocycles. The average Bonchev–Trinajstić information content (AvgIpc) is 3.40. The number of carbonyl (C=O) groups is 3. The summed E-state index contributed by atoms with van der Waals surface area (Å²) in [6.07, 6.45) is 10.00. The van der Waals surface area contributed by atoms with Gasteiger partial charge in [-0.05, 0) is 82.1 Å². The maximum Gasteiger partial charge on any atom is 0.253 e. The number of aliphatic hydroxyl groups is 1. The fraction of sp³-hybridized carbons (Fsp3) is 0.500. The number of hydrogen-bond donors (Lipinski definition) is 1. The number of ether oxygens (including phenoxy) is 2. The van der Waals surface area contributed by atoms with Crippen LogP contribution < -0.4 is 19.4 Å². The maximum atomic E-state index is 14.8. The molecule has 4 aliphatic heterocycles. The number of aliphatic hydroxyl groups excluding tert-OH is 1. The number of anilines is 3. The zero-order valence-corrected chi connectivity index (χ0v) is 28.3. The molecular formula is C38H48N4O6. The minimum atomic E-state index is -1.29. The van der Waals surface area contributed by atoms with Gasteiger partial charge in [0.05, 0.1) is 24.5 Å². The van der Waals surface area contributed by atoms with Crippen molar-refractivity contribution in [1.82, 2.24) is 4.90 Å². The predicted molar refractivity (Wildman–Crippen MR) is 186 cm³/mol. The van der Waals surface area contributed by atoms with Crippen LogP contribution in [0.3, 0.4) is 0 Å². The van der Waals surface area contributed by atoms with Crippen molar-refractivity contribution < 1.29 is 29.0 Å². The molecule has 3 amide bonds. The highest BCUT2D eigenvalue weighted by atomic mass is 16.5. The Morgan fingerprint density at radius 2 is 1.48 bits per heavy atom. The molecule has 5 atom stereocenters. The third kappa shape index (κ3) is 6.00. The summed E-state index contributed by atoms with van der Waals surface area (Å²) in [4.78, 5) is 51.2. The first kappa shape index (κ1) is 33.7. The molecule has 2 aromatic carbocycles. The fourth-order valence-electron chi connectivity index (χ4n) is 7.91. The van der Waals surface area contributed by atoms with Crippen molar-refractivity contribution in [1.29, 1.82) is 0 Å². The van der Waals surface area contributed by atoms with Gasteiger partial charge < -0.3 is 34.2 Å². The number of amides is 3. The van der Waals surface area contributed by atoms with Crippen molar-refractivity contribution in [3.8, 4) is 5.75 Å². The Morgan fingerprint density at radius 3 is 2.15 bits per heavy atom. The van der Waals surface area contributed by atoms with E-state index in [9.17, 15) is 19.5 Å².